The number of aliphatic hydroxyl groups is 6. The highest BCUT2D eigenvalue weighted by molar-refractivity contribution is 6.32. The minimum Gasteiger partial charge on any atom is -0.507 e. The lowest BCUT2D eigenvalue weighted by molar-refractivity contribution is -0.378. The number of fused-ring (bicyclic) bond motifs is 6. The van der Waals surface area contributed by atoms with Gasteiger partial charge < -0.3 is 82.0 Å². The van der Waals surface area contributed by atoms with E-state index in [4.69, 9.17) is 36.1 Å². The highest BCUT2D eigenvalue weighted by atomic mass is 16.7. The second-order valence-electron chi connectivity index (χ2n) is 23.6. The van der Waals surface area contributed by atoms with Gasteiger partial charge in [-0.3, -0.25) is 24.2 Å². The van der Waals surface area contributed by atoms with Crippen molar-refractivity contribution in [2.75, 3.05) is 26.7 Å². The van der Waals surface area contributed by atoms with Gasteiger partial charge in [-0.15, -0.1) is 0 Å². The first-order chi connectivity index (χ1) is 40.6. The van der Waals surface area contributed by atoms with E-state index in [1.807, 2.05) is 25.2 Å². The molecule has 6 bridgehead atoms. The van der Waals surface area contributed by atoms with Crippen LogP contribution in [0.2, 0.25) is 0 Å². The van der Waals surface area contributed by atoms with Crippen molar-refractivity contribution < 1.29 is 78.7 Å². The van der Waals surface area contributed by atoms with Crippen molar-refractivity contribution in [3.63, 3.8) is 0 Å². The molecule has 0 radical (unpaired) electrons. The van der Waals surface area contributed by atoms with E-state index in [1.54, 1.807) is 24.3 Å². The number of aliphatic imine (C=N–C) groups is 1. The molecule has 5 aliphatic carbocycles. The number of ketones is 2. The molecule has 6 aliphatic rings. The van der Waals surface area contributed by atoms with Crippen LogP contribution in [0.3, 0.4) is 0 Å². The van der Waals surface area contributed by atoms with Gasteiger partial charge in [-0.05, 0) is 141 Å². The Labute approximate surface area is 491 Å². The van der Waals surface area contributed by atoms with Crippen molar-refractivity contribution in [3.05, 3.63) is 120 Å². The average Bonchev–Trinajstić information content (AvgIpc) is 0.915. The predicted molar refractivity (Wildman–Crippen MR) is 309 cm³/mol. The van der Waals surface area contributed by atoms with Gasteiger partial charge in [0.25, 0.3) is 0 Å². The number of guanidine groups is 1. The molecule has 1 aliphatic heterocycles. The van der Waals surface area contributed by atoms with Crippen LogP contribution in [0, 0.1) is 35.5 Å². The molecule has 450 valence electrons. The molecule has 0 spiro atoms. The number of carbonyl (C=O) groups is 5. The van der Waals surface area contributed by atoms with Crippen LogP contribution in [0.1, 0.15) is 157 Å². The summed E-state index contributed by atoms with van der Waals surface area (Å²) in [7, 11) is 1.83. The standard InChI is InChI=1S/C64H73N5O16/c1-31-59(78)64(80,81)60(82-19-17-69-62(66)67)61(83-31)85-58-44-9-5-8-40(65)12-13-41(74)22-34-7-4-6-33(20-34)10-14-43-49(84-32(2)73)25-39(29-71)50-51(43)57(77)52(44)53(56(50)76)55(75)46(58)24-36-11-15-42-45-26-48-38(23-37(45)16-18-70)21-35(28-68-3)27-63(48,79)54(42)47(36)30-72/h4,6-7,10-11,14-15,18,20,25,30-31,35,37-38,40-41,45,48,59-61,68,71,74-75,78-81H,9,12-13,16-17,19,21-24,26-29,65H2,1-3H3,(H4,66,67,69). The van der Waals surface area contributed by atoms with E-state index in [1.165, 1.54) is 19.1 Å². The fourth-order valence-electron chi connectivity index (χ4n) is 14.5. The largest absolute Gasteiger partial charge is 0.507 e. The van der Waals surface area contributed by atoms with Crippen molar-refractivity contribution in [1.29, 1.82) is 0 Å². The Morgan fingerprint density at radius 1 is 0.976 bits per heavy atom. The number of phenols is 1. The monoisotopic (exact) mass is 1170 g/mol. The number of phenolic OH excluding ortho intramolecular Hbond substituents is 1. The van der Waals surface area contributed by atoms with Crippen LogP contribution in [0.15, 0.2) is 47.5 Å². The van der Waals surface area contributed by atoms with Gasteiger partial charge in [-0.2, -0.15) is 0 Å². The number of nitrogens with zero attached hydrogens (tertiary/aromatic N) is 1. The van der Waals surface area contributed by atoms with E-state index in [9.17, 15) is 50.1 Å². The Morgan fingerprint density at radius 3 is 2.47 bits per heavy atom. The van der Waals surface area contributed by atoms with Crippen molar-refractivity contribution >= 4 is 48.2 Å². The number of carbonyl (C=O) groups excluding carboxylic acids is 5. The number of hydrogen-bond acceptors (Lipinski definition) is 19. The molecule has 4 aromatic carbocycles. The second-order valence-corrected chi connectivity index (χ2v) is 23.6. The minimum atomic E-state index is -3.14. The van der Waals surface area contributed by atoms with Gasteiger partial charge >= 0.3 is 5.97 Å². The summed E-state index contributed by atoms with van der Waals surface area (Å²) in [6.07, 6.45) is -1.20. The van der Waals surface area contributed by atoms with Crippen LogP contribution in [0.4, 0.5) is 0 Å². The molecule has 4 aromatic rings. The van der Waals surface area contributed by atoms with Crippen LogP contribution < -0.4 is 32.0 Å². The number of aromatic hydroxyl groups is 1. The Hall–Kier alpha value is -7.20. The fraction of sp³-hybridized carbons (Fsp3) is 0.469. The lowest BCUT2D eigenvalue weighted by Crippen LogP contribution is -2.67. The maximum Gasteiger partial charge on any atom is 0.308 e. The molecule has 10 rings (SSSR count). The molecule has 12 atom stereocenters. The molecule has 21 nitrogen and oxygen atoms in total. The third-order valence-corrected chi connectivity index (χ3v) is 18.1. The summed E-state index contributed by atoms with van der Waals surface area (Å²) in [6, 6.07) is 11.1. The number of hydrogen-bond donors (Lipinski definition) is 11. The van der Waals surface area contributed by atoms with E-state index in [0.717, 1.165) is 25.2 Å². The third-order valence-electron chi connectivity index (χ3n) is 18.1. The zero-order chi connectivity index (χ0) is 60.8. The molecule has 1 saturated heterocycles. The minimum absolute atomic E-state index is 0.0131. The SMILES string of the molecule is CNCC1CC2CC(CC=O)C3CC2C(O)(C1)c1c3ccc(Cc2c(O)c3c4c(c2OC2OC(C)C(O)C(O)(O)C2OCCN=C(N)N)CC#CC(N)CCC(O)Cc2cccc(c2)C=Cc2c(OC(C)=O)cc(CO)c(c2C4=O)C3=O)c1C=O. The number of aliphatic hydroxyl groups excluding tert-OH is 3. The summed E-state index contributed by atoms with van der Waals surface area (Å²) in [5.41, 5.74) is 16.7. The van der Waals surface area contributed by atoms with Crippen LogP contribution in [-0.4, -0.2) is 141 Å². The molecule has 85 heavy (non-hydrogen) atoms. The van der Waals surface area contributed by atoms with E-state index in [0.29, 0.717) is 48.8 Å². The smallest absolute Gasteiger partial charge is 0.308 e. The summed E-state index contributed by atoms with van der Waals surface area (Å²) >= 11 is 0. The highest BCUT2D eigenvalue weighted by Gasteiger charge is 2.59. The molecule has 1 heterocycles. The lowest BCUT2D eigenvalue weighted by Gasteiger charge is -2.58. The zero-order valence-electron chi connectivity index (χ0n) is 47.6. The quantitative estimate of drug-likeness (QED) is 0.0105. The molecule has 21 heteroatoms. The maximum absolute atomic E-state index is 16.1. The van der Waals surface area contributed by atoms with Gasteiger partial charge in [0.2, 0.25) is 12.1 Å². The molecule has 2 saturated carbocycles. The number of nitrogens with two attached hydrogens (primary N) is 3. The van der Waals surface area contributed by atoms with Gasteiger partial charge in [-0.1, -0.05) is 54.3 Å². The Kier molecular flexibility index (Phi) is 17.7. The van der Waals surface area contributed by atoms with Gasteiger partial charge in [0.05, 0.1) is 49.2 Å². The fourth-order valence-corrected chi connectivity index (χ4v) is 14.5. The number of aldehydes is 2. The Balaban J connectivity index is 1.26. The first-order valence-electron chi connectivity index (χ1n) is 28.9. The first-order valence-corrected chi connectivity index (χ1v) is 28.9. The zero-order valence-corrected chi connectivity index (χ0v) is 47.6. The summed E-state index contributed by atoms with van der Waals surface area (Å²) in [5, 5.41) is 86.9. The highest BCUT2D eigenvalue weighted by Crippen LogP contribution is 2.63. The van der Waals surface area contributed by atoms with E-state index in [-0.39, 0.29) is 118 Å². The Morgan fingerprint density at radius 2 is 1.75 bits per heavy atom. The lowest BCUT2D eigenvalue weighted by atomic mass is 9.48. The van der Waals surface area contributed by atoms with Crippen molar-refractivity contribution in [2.24, 2.45) is 45.9 Å². The number of rotatable bonds is 15. The topological polar surface area (TPSA) is 366 Å². The molecule has 0 aromatic heterocycles. The van der Waals surface area contributed by atoms with Gasteiger partial charge in [-0.25, -0.2) is 0 Å². The van der Waals surface area contributed by atoms with Crippen molar-refractivity contribution in [1.82, 2.24) is 5.32 Å². The summed E-state index contributed by atoms with van der Waals surface area (Å²) in [5.74, 6) is -2.08. The molecule has 3 fully saturated rings. The number of ether oxygens (including phenoxy) is 4. The number of benzene rings is 4. The average molecular weight is 1170 g/mol. The van der Waals surface area contributed by atoms with E-state index >= 15 is 9.59 Å². The molecular weight excluding hydrogens is 1090 g/mol. The van der Waals surface area contributed by atoms with E-state index in [2.05, 4.69) is 22.2 Å². The van der Waals surface area contributed by atoms with E-state index < -0.39 is 114 Å². The first kappa shape index (κ1) is 60.9. The predicted octanol–water partition coefficient (Wildman–Crippen LogP) is 2.70. The van der Waals surface area contributed by atoms with Crippen molar-refractivity contribution in [3.8, 4) is 29.1 Å². The Bertz CT molecular complexity index is 3450. The normalized spacial score (nSPS) is 28.1. The maximum atomic E-state index is 16.1. The van der Waals surface area contributed by atoms with Crippen molar-refractivity contribution in [2.45, 2.75) is 139 Å². The van der Waals surface area contributed by atoms with Crippen LogP contribution in [-0.2, 0) is 50.5 Å². The molecule has 0 amide bonds. The molecule has 14 N–H and O–H groups in total. The summed E-state index contributed by atoms with van der Waals surface area (Å²) < 4.78 is 24.8. The third kappa shape index (κ3) is 11.4. The van der Waals surface area contributed by atoms with Crippen LogP contribution in [0.5, 0.6) is 17.2 Å². The van der Waals surface area contributed by atoms with Crippen LogP contribution in [0.25, 0.3) is 12.2 Å². The summed E-state index contributed by atoms with van der Waals surface area (Å²) in [4.78, 5) is 75.1. The molecule has 12 unspecified atom stereocenters. The number of esters is 1. The van der Waals surface area contributed by atoms with Gasteiger partial charge in [0.1, 0.15) is 29.6 Å². The van der Waals surface area contributed by atoms with Crippen LogP contribution >= 0.6 is 0 Å². The summed E-state index contributed by atoms with van der Waals surface area (Å²) in [6.45, 7) is 1.57. The molecular formula is C64H73N5O16. The second kappa shape index (κ2) is 24.6. The van der Waals surface area contributed by atoms with Gasteiger partial charge in [0, 0.05) is 65.1 Å². The van der Waals surface area contributed by atoms with Gasteiger partial charge in [0.15, 0.2) is 29.9 Å². The number of nitrogens with one attached hydrogen (secondary N) is 1.